The summed E-state index contributed by atoms with van der Waals surface area (Å²) in [5.74, 6) is -0.911. The van der Waals surface area contributed by atoms with Gasteiger partial charge in [-0.05, 0) is 6.07 Å². The first kappa shape index (κ1) is 15.5. The van der Waals surface area contributed by atoms with Crippen LogP contribution in [0.2, 0.25) is 0 Å². The van der Waals surface area contributed by atoms with Crippen LogP contribution in [0.1, 0.15) is 10.5 Å². The maximum Gasteiger partial charge on any atom is 0.274 e. The molecule has 24 heavy (non-hydrogen) atoms. The van der Waals surface area contributed by atoms with E-state index in [1.165, 1.54) is 41.7 Å². The Balaban J connectivity index is 1.56. The first-order valence-electron chi connectivity index (χ1n) is 7.15. The average Bonchev–Trinajstić information content (AvgIpc) is 2.54. The summed E-state index contributed by atoms with van der Waals surface area (Å²) in [5.41, 5.74) is 0.490. The van der Waals surface area contributed by atoms with Gasteiger partial charge >= 0.3 is 0 Å². The summed E-state index contributed by atoms with van der Waals surface area (Å²) in [5, 5.41) is 13.4. The molecule has 2 aromatic rings. The lowest BCUT2D eigenvalue weighted by Crippen LogP contribution is -2.54. The Morgan fingerprint density at radius 1 is 1.29 bits per heavy atom. The molecule has 2 amide bonds. The van der Waals surface area contributed by atoms with E-state index in [1.54, 1.807) is 6.07 Å². The highest BCUT2D eigenvalue weighted by molar-refractivity contribution is 5.97. The van der Waals surface area contributed by atoms with Crippen LogP contribution in [0.25, 0.3) is 0 Å². The summed E-state index contributed by atoms with van der Waals surface area (Å²) in [6.45, 7) is 0.548. The fraction of sp³-hybridized carbons (Fsp3) is 0.200. The van der Waals surface area contributed by atoms with Crippen molar-refractivity contribution in [2.75, 3.05) is 18.4 Å². The van der Waals surface area contributed by atoms with Crippen LogP contribution in [0.3, 0.4) is 0 Å². The second-order valence-electron chi connectivity index (χ2n) is 5.29. The summed E-state index contributed by atoms with van der Waals surface area (Å²) in [7, 11) is 0. The van der Waals surface area contributed by atoms with E-state index in [1.807, 2.05) is 0 Å². The van der Waals surface area contributed by atoms with Crippen LogP contribution in [-0.2, 0) is 4.79 Å². The number of anilines is 1. The van der Waals surface area contributed by atoms with Crippen molar-refractivity contribution in [3.8, 4) is 0 Å². The summed E-state index contributed by atoms with van der Waals surface area (Å²) in [6.07, 6.45) is 4.28. The van der Waals surface area contributed by atoms with Gasteiger partial charge in [0.2, 0.25) is 5.91 Å². The smallest absolute Gasteiger partial charge is 0.274 e. The van der Waals surface area contributed by atoms with Gasteiger partial charge < -0.3 is 10.2 Å². The Hall–Kier alpha value is -3.36. The maximum absolute atomic E-state index is 12.1. The predicted octanol–water partition coefficient (Wildman–Crippen LogP) is 1.10. The van der Waals surface area contributed by atoms with Crippen molar-refractivity contribution < 1.29 is 14.5 Å². The molecule has 1 aromatic heterocycles. The van der Waals surface area contributed by atoms with Crippen molar-refractivity contribution in [3.63, 3.8) is 0 Å². The number of nitro benzene ring substituents is 1. The summed E-state index contributed by atoms with van der Waals surface area (Å²) >= 11 is 0. The highest BCUT2D eigenvalue weighted by Crippen LogP contribution is 2.22. The van der Waals surface area contributed by atoms with Crippen LogP contribution in [0, 0.1) is 16.0 Å². The number of nitrogens with zero attached hydrogens (tertiary/aromatic N) is 4. The summed E-state index contributed by atoms with van der Waals surface area (Å²) in [6, 6.07) is 5.71. The fourth-order valence-corrected chi connectivity index (χ4v) is 2.32. The van der Waals surface area contributed by atoms with Gasteiger partial charge in [-0.2, -0.15) is 0 Å². The molecule has 3 rings (SSSR count). The van der Waals surface area contributed by atoms with E-state index in [9.17, 15) is 19.7 Å². The number of rotatable bonds is 4. The number of carbonyl (C=O) groups is 2. The molecule has 1 aliphatic rings. The zero-order chi connectivity index (χ0) is 17.1. The Morgan fingerprint density at radius 2 is 2.08 bits per heavy atom. The van der Waals surface area contributed by atoms with Crippen molar-refractivity contribution in [3.05, 3.63) is 58.7 Å². The number of amides is 2. The van der Waals surface area contributed by atoms with Gasteiger partial charge in [0.05, 0.1) is 17.0 Å². The van der Waals surface area contributed by atoms with Crippen molar-refractivity contribution in [2.24, 2.45) is 5.92 Å². The number of nitrogens with one attached hydrogen (secondary N) is 1. The molecule has 9 heteroatoms. The molecule has 1 N–H and O–H groups in total. The Kier molecular flexibility index (Phi) is 4.15. The third-order valence-corrected chi connectivity index (χ3v) is 3.65. The highest BCUT2D eigenvalue weighted by atomic mass is 16.6. The minimum absolute atomic E-state index is 0.0964. The van der Waals surface area contributed by atoms with E-state index in [2.05, 4.69) is 15.3 Å². The van der Waals surface area contributed by atoms with Gasteiger partial charge in [-0.1, -0.05) is 6.07 Å². The molecule has 0 saturated carbocycles. The molecule has 0 bridgehead atoms. The number of likely N-dealkylation sites (tertiary alicyclic amines) is 1. The zero-order valence-electron chi connectivity index (χ0n) is 12.5. The van der Waals surface area contributed by atoms with Crippen LogP contribution in [0.15, 0.2) is 42.9 Å². The van der Waals surface area contributed by atoms with Crippen LogP contribution in [-0.4, -0.2) is 44.7 Å². The molecular formula is C15H13N5O4. The number of hydrogen-bond donors (Lipinski definition) is 1. The SMILES string of the molecule is O=C(Nc1cccc([N+](=O)[O-])c1)C1CN(C(=O)c2cnccn2)C1. The second-order valence-corrected chi connectivity index (χ2v) is 5.29. The van der Waals surface area contributed by atoms with Crippen molar-refractivity contribution in [2.45, 2.75) is 0 Å². The van der Waals surface area contributed by atoms with Crippen LogP contribution >= 0.6 is 0 Å². The van der Waals surface area contributed by atoms with Gasteiger partial charge in [0.25, 0.3) is 11.6 Å². The Morgan fingerprint density at radius 3 is 2.75 bits per heavy atom. The van der Waals surface area contributed by atoms with Gasteiger partial charge in [0.15, 0.2) is 0 Å². The maximum atomic E-state index is 12.1. The van der Waals surface area contributed by atoms with E-state index < -0.39 is 4.92 Å². The molecule has 0 spiro atoms. The number of non-ortho nitro benzene ring substituents is 1. The standard InChI is InChI=1S/C15H13N5O4/c21-14(18-11-2-1-3-12(6-11)20(23)24)10-8-19(9-10)15(22)13-7-16-4-5-17-13/h1-7,10H,8-9H2,(H,18,21). The minimum Gasteiger partial charge on any atom is -0.336 e. The van der Waals surface area contributed by atoms with Crippen LogP contribution in [0.5, 0.6) is 0 Å². The topological polar surface area (TPSA) is 118 Å². The summed E-state index contributed by atoms with van der Waals surface area (Å²) < 4.78 is 0. The lowest BCUT2D eigenvalue weighted by atomic mass is 9.98. The quantitative estimate of drug-likeness (QED) is 0.663. The van der Waals surface area contributed by atoms with E-state index >= 15 is 0 Å². The van der Waals surface area contributed by atoms with Gasteiger partial charge in [-0.3, -0.25) is 24.7 Å². The van der Waals surface area contributed by atoms with Crippen molar-refractivity contribution >= 4 is 23.2 Å². The largest absolute Gasteiger partial charge is 0.336 e. The molecule has 9 nitrogen and oxygen atoms in total. The monoisotopic (exact) mass is 327 g/mol. The highest BCUT2D eigenvalue weighted by Gasteiger charge is 2.36. The fourth-order valence-electron chi connectivity index (χ4n) is 2.32. The Labute approximate surface area is 136 Å². The number of hydrogen-bond acceptors (Lipinski definition) is 6. The third-order valence-electron chi connectivity index (χ3n) is 3.65. The van der Waals surface area contributed by atoms with Crippen molar-refractivity contribution in [1.82, 2.24) is 14.9 Å². The molecule has 1 aliphatic heterocycles. The minimum atomic E-state index is -0.527. The predicted molar refractivity (Wildman–Crippen MR) is 83.2 cm³/mol. The number of carbonyl (C=O) groups excluding carboxylic acids is 2. The first-order chi connectivity index (χ1) is 11.5. The third kappa shape index (κ3) is 3.19. The van der Waals surface area contributed by atoms with Gasteiger partial charge in [0, 0.05) is 43.3 Å². The van der Waals surface area contributed by atoms with Gasteiger partial charge in [-0.25, -0.2) is 4.98 Å². The molecule has 1 aromatic carbocycles. The molecule has 2 heterocycles. The number of benzene rings is 1. The molecule has 0 radical (unpaired) electrons. The average molecular weight is 327 g/mol. The van der Waals surface area contributed by atoms with Crippen molar-refractivity contribution in [1.29, 1.82) is 0 Å². The molecule has 0 atom stereocenters. The summed E-state index contributed by atoms with van der Waals surface area (Å²) in [4.78, 5) is 43.7. The molecule has 1 fully saturated rings. The first-order valence-corrected chi connectivity index (χ1v) is 7.15. The van der Waals surface area contributed by atoms with Gasteiger partial charge in [0.1, 0.15) is 5.69 Å². The lowest BCUT2D eigenvalue weighted by Gasteiger charge is -2.37. The van der Waals surface area contributed by atoms with E-state index in [-0.39, 0.29) is 42.2 Å². The van der Waals surface area contributed by atoms with E-state index in [4.69, 9.17) is 0 Å². The second kappa shape index (κ2) is 6.41. The van der Waals surface area contributed by atoms with Crippen LogP contribution in [0.4, 0.5) is 11.4 Å². The molecule has 122 valence electrons. The number of aromatic nitrogens is 2. The lowest BCUT2D eigenvalue weighted by molar-refractivity contribution is -0.384. The number of nitro groups is 1. The van der Waals surface area contributed by atoms with Gasteiger partial charge in [-0.15, -0.1) is 0 Å². The normalized spacial score (nSPS) is 13.9. The molecule has 1 saturated heterocycles. The molecular weight excluding hydrogens is 314 g/mol. The molecule has 0 unspecified atom stereocenters. The Bertz CT molecular complexity index is 789. The van der Waals surface area contributed by atoms with E-state index in [0.717, 1.165) is 0 Å². The van der Waals surface area contributed by atoms with Crippen LogP contribution < -0.4 is 5.32 Å². The molecule has 0 aliphatic carbocycles. The van der Waals surface area contributed by atoms with E-state index in [0.29, 0.717) is 5.69 Å². The zero-order valence-corrected chi connectivity index (χ0v) is 12.5.